The van der Waals surface area contributed by atoms with Crippen LogP contribution in [0, 0.1) is 0 Å². The summed E-state index contributed by atoms with van der Waals surface area (Å²) in [6.07, 6.45) is 0. The van der Waals surface area contributed by atoms with Crippen LogP contribution in [0.3, 0.4) is 0 Å². The quantitative estimate of drug-likeness (QED) is 0.394. The zero-order valence-electron chi connectivity index (χ0n) is 15.8. The number of rotatable bonds is 4. The standard InChI is InChI=1S/C26H23N/c1-27(2)26-24(21-14-8-4-9-15-21)18-23(20-12-6-3-7-13-20)19-25(26)22-16-10-5-11-17-22/h3-19H,1-2H3. The fraction of sp³-hybridized carbons (Fsp3) is 0.0769. The summed E-state index contributed by atoms with van der Waals surface area (Å²) >= 11 is 0. The van der Waals surface area contributed by atoms with Crippen LogP contribution >= 0.6 is 0 Å². The Morgan fingerprint density at radius 3 is 1.19 bits per heavy atom. The van der Waals surface area contributed by atoms with E-state index in [1.165, 1.54) is 39.1 Å². The summed E-state index contributed by atoms with van der Waals surface area (Å²) in [5.74, 6) is 0. The molecule has 0 atom stereocenters. The predicted molar refractivity (Wildman–Crippen MR) is 117 cm³/mol. The van der Waals surface area contributed by atoms with Gasteiger partial charge in [-0.1, -0.05) is 91.0 Å². The molecule has 1 heteroatoms. The lowest BCUT2D eigenvalue weighted by atomic mass is 9.90. The highest BCUT2D eigenvalue weighted by Crippen LogP contribution is 2.42. The molecule has 4 aromatic carbocycles. The Morgan fingerprint density at radius 1 is 0.444 bits per heavy atom. The molecule has 0 heterocycles. The van der Waals surface area contributed by atoms with E-state index in [2.05, 4.69) is 122 Å². The van der Waals surface area contributed by atoms with Gasteiger partial charge in [0, 0.05) is 25.2 Å². The van der Waals surface area contributed by atoms with Crippen LogP contribution in [0.4, 0.5) is 5.69 Å². The molecule has 0 unspecified atom stereocenters. The van der Waals surface area contributed by atoms with E-state index in [9.17, 15) is 0 Å². The van der Waals surface area contributed by atoms with Gasteiger partial charge >= 0.3 is 0 Å². The van der Waals surface area contributed by atoms with Crippen molar-refractivity contribution in [1.82, 2.24) is 0 Å². The number of anilines is 1. The molecule has 0 spiro atoms. The zero-order chi connectivity index (χ0) is 18.6. The first-order chi connectivity index (χ1) is 13.2. The first-order valence-corrected chi connectivity index (χ1v) is 9.25. The second-order valence-electron chi connectivity index (χ2n) is 6.91. The number of nitrogens with zero attached hydrogens (tertiary/aromatic N) is 1. The van der Waals surface area contributed by atoms with Crippen LogP contribution in [0.15, 0.2) is 103 Å². The minimum Gasteiger partial charge on any atom is -0.377 e. The zero-order valence-corrected chi connectivity index (χ0v) is 15.8. The van der Waals surface area contributed by atoms with Crippen molar-refractivity contribution in [2.24, 2.45) is 0 Å². The summed E-state index contributed by atoms with van der Waals surface area (Å²) in [4.78, 5) is 2.22. The van der Waals surface area contributed by atoms with Gasteiger partial charge in [0.05, 0.1) is 5.69 Å². The van der Waals surface area contributed by atoms with Gasteiger partial charge in [-0.25, -0.2) is 0 Å². The van der Waals surface area contributed by atoms with Crippen LogP contribution in [0.2, 0.25) is 0 Å². The maximum absolute atomic E-state index is 2.31. The summed E-state index contributed by atoms with van der Waals surface area (Å²) in [5.41, 5.74) is 8.68. The van der Waals surface area contributed by atoms with Gasteiger partial charge < -0.3 is 4.90 Å². The van der Waals surface area contributed by atoms with Crippen molar-refractivity contribution >= 4 is 5.69 Å². The van der Waals surface area contributed by atoms with Gasteiger partial charge in [0.1, 0.15) is 0 Å². The van der Waals surface area contributed by atoms with Gasteiger partial charge in [0.25, 0.3) is 0 Å². The lowest BCUT2D eigenvalue weighted by molar-refractivity contribution is 1.13. The highest BCUT2D eigenvalue weighted by atomic mass is 15.1. The van der Waals surface area contributed by atoms with Gasteiger partial charge in [-0.2, -0.15) is 0 Å². The molecule has 0 saturated heterocycles. The molecule has 4 aromatic rings. The van der Waals surface area contributed by atoms with Gasteiger partial charge in [-0.3, -0.25) is 0 Å². The molecule has 1 nitrogen and oxygen atoms in total. The van der Waals surface area contributed by atoms with Gasteiger partial charge in [0.2, 0.25) is 0 Å². The van der Waals surface area contributed by atoms with E-state index in [4.69, 9.17) is 0 Å². The van der Waals surface area contributed by atoms with E-state index in [0.29, 0.717) is 0 Å². The average Bonchev–Trinajstić information content (AvgIpc) is 2.74. The first kappa shape index (κ1) is 17.1. The molecule has 27 heavy (non-hydrogen) atoms. The molecule has 0 aliphatic heterocycles. The van der Waals surface area contributed by atoms with E-state index in [-0.39, 0.29) is 0 Å². The minimum absolute atomic E-state index is 1.23. The Labute approximate surface area is 161 Å². The highest BCUT2D eigenvalue weighted by Gasteiger charge is 2.16. The molecule has 0 aromatic heterocycles. The minimum atomic E-state index is 1.23. The summed E-state index contributed by atoms with van der Waals surface area (Å²) in [6, 6.07) is 36.5. The van der Waals surface area contributed by atoms with Crippen molar-refractivity contribution < 1.29 is 0 Å². The van der Waals surface area contributed by atoms with Crippen molar-refractivity contribution in [3.8, 4) is 33.4 Å². The average molecular weight is 349 g/mol. The lowest BCUT2D eigenvalue weighted by Crippen LogP contribution is -2.12. The summed E-state index contributed by atoms with van der Waals surface area (Å²) < 4.78 is 0. The van der Waals surface area contributed by atoms with Crippen LogP contribution in [0.25, 0.3) is 33.4 Å². The second-order valence-corrected chi connectivity index (χ2v) is 6.91. The molecule has 0 aliphatic rings. The van der Waals surface area contributed by atoms with E-state index in [0.717, 1.165) is 0 Å². The smallest absolute Gasteiger partial charge is 0.0520 e. The van der Waals surface area contributed by atoms with Gasteiger partial charge in [-0.15, -0.1) is 0 Å². The van der Waals surface area contributed by atoms with Gasteiger partial charge in [-0.05, 0) is 34.4 Å². The third-order valence-electron chi connectivity index (χ3n) is 4.83. The number of hydrogen-bond acceptors (Lipinski definition) is 1. The van der Waals surface area contributed by atoms with Crippen molar-refractivity contribution in [2.75, 3.05) is 19.0 Å². The van der Waals surface area contributed by atoms with E-state index >= 15 is 0 Å². The van der Waals surface area contributed by atoms with E-state index in [1.807, 2.05) is 0 Å². The van der Waals surface area contributed by atoms with Crippen LogP contribution in [-0.4, -0.2) is 14.1 Å². The van der Waals surface area contributed by atoms with Crippen LogP contribution < -0.4 is 4.90 Å². The summed E-state index contributed by atoms with van der Waals surface area (Å²) in [7, 11) is 4.24. The highest BCUT2D eigenvalue weighted by molar-refractivity contribution is 5.94. The van der Waals surface area contributed by atoms with Crippen LogP contribution in [0.1, 0.15) is 0 Å². The molecule has 132 valence electrons. The molecule has 0 fully saturated rings. The Kier molecular flexibility index (Phi) is 4.76. The Hall–Kier alpha value is -3.32. The molecule has 0 bridgehead atoms. The SMILES string of the molecule is CN(C)c1c(-c2ccccc2)cc(-c2ccccc2)cc1-c1ccccc1. The Bertz CT molecular complexity index is 959. The summed E-state index contributed by atoms with van der Waals surface area (Å²) in [6.45, 7) is 0. The van der Waals surface area contributed by atoms with Crippen LogP contribution in [-0.2, 0) is 0 Å². The Morgan fingerprint density at radius 2 is 0.815 bits per heavy atom. The largest absolute Gasteiger partial charge is 0.377 e. The molecular weight excluding hydrogens is 326 g/mol. The van der Waals surface area contributed by atoms with Crippen molar-refractivity contribution in [3.05, 3.63) is 103 Å². The monoisotopic (exact) mass is 349 g/mol. The van der Waals surface area contributed by atoms with E-state index in [1.54, 1.807) is 0 Å². The maximum Gasteiger partial charge on any atom is 0.0520 e. The third-order valence-corrected chi connectivity index (χ3v) is 4.83. The second kappa shape index (κ2) is 7.51. The molecule has 0 radical (unpaired) electrons. The number of hydrogen-bond donors (Lipinski definition) is 0. The lowest BCUT2D eigenvalue weighted by Gasteiger charge is -2.24. The molecule has 0 saturated carbocycles. The van der Waals surface area contributed by atoms with Crippen LogP contribution in [0.5, 0.6) is 0 Å². The molecule has 4 rings (SSSR count). The molecule has 0 aliphatic carbocycles. The topological polar surface area (TPSA) is 3.24 Å². The molecule has 0 amide bonds. The third kappa shape index (κ3) is 3.50. The first-order valence-electron chi connectivity index (χ1n) is 9.25. The van der Waals surface area contributed by atoms with Gasteiger partial charge in [0.15, 0.2) is 0 Å². The fourth-order valence-corrected chi connectivity index (χ4v) is 3.59. The molecule has 0 N–H and O–H groups in total. The van der Waals surface area contributed by atoms with E-state index < -0.39 is 0 Å². The van der Waals surface area contributed by atoms with Crippen molar-refractivity contribution in [3.63, 3.8) is 0 Å². The normalized spacial score (nSPS) is 10.6. The fourth-order valence-electron chi connectivity index (χ4n) is 3.59. The maximum atomic E-state index is 2.31. The summed E-state index contributed by atoms with van der Waals surface area (Å²) in [5, 5.41) is 0. The Balaban J connectivity index is 2.05. The van der Waals surface area contributed by atoms with Crippen molar-refractivity contribution in [1.29, 1.82) is 0 Å². The van der Waals surface area contributed by atoms with Crippen molar-refractivity contribution in [2.45, 2.75) is 0 Å². The number of benzene rings is 4. The predicted octanol–water partition coefficient (Wildman–Crippen LogP) is 6.75. The molecular formula is C26H23N.